The average molecular weight is 269 g/mol. The molecule has 19 heavy (non-hydrogen) atoms. The normalized spacial score (nSPS) is 10.2. The molecule has 9 nitrogen and oxygen atoms in total. The van der Waals surface area contributed by atoms with Gasteiger partial charge in [0.25, 0.3) is 0 Å². The summed E-state index contributed by atoms with van der Waals surface area (Å²) < 4.78 is 5.36. The van der Waals surface area contributed by atoms with E-state index in [4.69, 9.17) is 10.6 Å². The first-order valence-electron chi connectivity index (χ1n) is 5.75. The lowest BCUT2D eigenvalue weighted by atomic mass is 10.5. The van der Waals surface area contributed by atoms with Gasteiger partial charge in [0, 0.05) is 14.1 Å². The molecule has 1 heterocycles. The van der Waals surface area contributed by atoms with Crippen LogP contribution >= 0.6 is 0 Å². The third kappa shape index (κ3) is 4.92. The molecule has 1 aromatic rings. The van der Waals surface area contributed by atoms with Crippen LogP contribution in [-0.4, -0.2) is 52.5 Å². The summed E-state index contributed by atoms with van der Waals surface area (Å²) in [5, 5.41) is 2.79. The molecule has 0 unspecified atom stereocenters. The second-order valence-electron chi connectivity index (χ2n) is 4.22. The topological polar surface area (TPSA) is 118 Å². The van der Waals surface area contributed by atoms with Gasteiger partial charge in [-0.05, 0) is 13.8 Å². The number of amides is 1. The minimum absolute atomic E-state index is 0.0716. The Hall–Kier alpha value is -2.16. The van der Waals surface area contributed by atoms with Crippen LogP contribution in [0.15, 0.2) is 0 Å². The van der Waals surface area contributed by atoms with Gasteiger partial charge in [0.1, 0.15) is 0 Å². The van der Waals surface area contributed by atoms with Crippen LogP contribution in [-0.2, 0) is 4.79 Å². The molecule has 106 valence electrons. The lowest BCUT2D eigenvalue weighted by Crippen LogP contribution is -2.29. The highest BCUT2D eigenvalue weighted by atomic mass is 16.5. The minimum Gasteiger partial charge on any atom is -0.461 e. The molecule has 0 saturated heterocycles. The highest BCUT2D eigenvalue weighted by Gasteiger charge is 2.10. The molecule has 1 amide bonds. The molecule has 1 aromatic heterocycles. The molecule has 0 spiro atoms. The van der Waals surface area contributed by atoms with E-state index in [0.717, 1.165) is 0 Å². The SMILES string of the molecule is CC(C)Oc1nc(NN)nc(NCC(=O)N(C)C)n1. The van der Waals surface area contributed by atoms with Gasteiger partial charge in [-0.25, -0.2) is 5.84 Å². The Labute approximate surface area is 111 Å². The van der Waals surface area contributed by atoms with E-state index in [1.165, 1.54) is 4.90 Å². The first-order valence-corrected chi connectivity index (χ1v) is 5.75. The molecule has 0 aliphatic heterocycles. The quantitative estimate of drug-likeness (QED) is 0.465. The van der Waals surface area contributed by atoms with Gasteiger partial charge >= 0.3 is 6.01 Å². The number of hydrogen-bond acceptors (Lipinski definition) is 8. The summed E-state index contributed by atoms with van der Waals surface area (Å²) >= 11 is 0. The van der Waals surface area contributed by atoms with Crippen molar-refractivity contribution in [3.05, 3.63) is 0 Å². The van der Waals surface area contributed by atoms with Crippen molar-refractivity contribution in [3.63, 3.8) is 0 Å². The molecular weight excluding hydrogens is 250 g/mol. The molecule has 0 aliphatic carbocycles. The maximum Gasteiger partial charge on any atom is 0.323 e. The lowest BCUT2D eigenvalue weighted by molar-refractivity contribution is -0.126. The number of nitrogens with one attached hydrogen (secondary N) is 2. The van der Waals surface area contributed by atoms with Crippen molar-refractivity contribution in [1.29, 1.82) is 0 Å². The van der Waals surface area contributed by atoms with Crippen molar-refractivity contribution >= 4 is 17.8 Å². The summed E-state index contributed by atoms with van der Waals surface area (Å²) in [4.78, 5) is 24.9. The van der Waals surface area contributed by atoms with Crippen molar-refractivity contribution in [2.45, 2.75) is 20.0 Å². The largest absolute Gasteiger partial charge is 0.461 e. The van der Waals surface area contributed by atoms with Crippen LogP contribution in [0.4, 0.5) is 11.9 Å². The third-order valence-corrected chi connectivity index (χ3v) is 1.98. The van der Waals surface area contributed by atoms with E-state index >= 15 is 0 Å². The predicted molar refractivity (Wildman–Crippen MR) is 70.6 cm³/mol. The Balaban J connectivity index is 2.79. The number of nitrogens with two attached hydrogens (primary N) is 1. The molecule has 0 fully saturated rings. The Kier molecular flexibility index (Phi) is 5.24. The van der Waals surface area contributed by atoms with Crippen LogP contribution in [0.3, 0.4) is 0 Å². The molecular formula is C10H19N7O2. The minimum atomic E-state index is -0.103. The predicted octanol–water partition coefficient (Wildman–Crippen LogP) is -0.555. The highest BCUT2D eigenvalue weighted by Crippen LogP contribution is 2.11. The number of rotatable bonds is 6. The number of hydrogen-bond donors (Lipinski definition) is 3. The van der Waals surface area contributed by atoms with E-state index in [9.17, 15) is 4.79 Å². The maximum atomic E-state index is 11.5. The smallest absolute Gasteiger partial charge is 0.323 e. The molecule has 0 saturated carbocycles. The summed E-state index contributed by atoms with van der Waals surface area (Å²) in [5.74, 6) is 5.53. The van der Waals surface area contributed by atoms with Gasteiger partial charge in [-0.15, -0.1) is 0 Å². The zero-order valence-corrected chi connectivity index (χ0v) is 11.5. The van der Waals surface area contributed by atoms with Crippen LogP contribution in [0.1, 0.15) is 13.8 Å². The summed E-state index contributed by atoms with van der Waals surface area (Å²) in [6.07, 6.45) is -0.0794. The molecule has 0 aromatic carbocycles. The van der Waals surface area contributed by atoms with Crippen LogP contribution in [0, 0.1) is 0 Å². The van der Waals surface area contributed by atoms with Gasteiger partial charge in [0.05, 0.1) is 12.6 Å². The molecule has 1 rings (SSSR count). The number of anilines is 2. The van der Waals surface area contributed by atoms with E-state index in [-0.39, 0.29) is 36.5 Å². The van der Waals surface area contributed by atoms with E-state index in [0.29, 0.717) is 0 Å². The fraction of sp³-hybridized carbons (Fsp3) is 0.600. The van der Waals surface area contributed by atoms with Crippen molar-refractivity contribution in [1.82, 2.24) is 19.9 Å². The van der Waals surface area contributed by atoms with Gasteiger partial charge < -0.3 is 15.0 Å². The first kappa shape index (κ1) is 14.9. The van der Waals surface area contributed by atoms with Gasteiger partial charge in [-0.1, -0.05) is 0 Å². The second-order valence-corrected chi connectivity index (χ2v) is 4.22. The Morgan fingerprint density at radius 2 is 1.95 bits per heavy atom. The highest BCUT2D eigenvalue weighted by molar-refractivity contribution is 5.79. The monoisotopic (exact) mass is 269 g/mol. The van der Waals surface area contributed by atoms with E-state index in [1.807, 2.05) is 13.8 Å². The van der Waals surface area contributed by atoms with Crippen LogP contribution in [0.2, 0.25) is 0 Å². The fourth-order valence-corrected chi connectivity index (χ4v) is 1.08. The molecule has 0 bridgehead atoms. The van der Waals surface area contributed by atoms with Gasteiger partial charge in [0.2, 0.25) is 17.8 Å². The number of carbonyl (C=O) groups is 1. The van der Waals surface area contributed by atoms with E-state index in [2.05, 4.69) is 25.7 Å². The van der Waals surface area contributed by atoms with Gasteiger partial charge in [-0.3, -0.25) is 10.2 Å². The number of aromatic nitrogens is 3. The first-order chi connectivity index (χ1) is 8.92. The number of nitrogen functional groups attached to an aromatic ring is 1. The summed E-state index contributed by atoms with van der Waals surface area (Å²) in [6.45, 7) is 3.77. The number of hydrazine groups is 1. The zero-order valence-electron chi connectivity index (χ0n) is 11.5. The van der Waals surface area contributed by atoms with Gasteiger partial charge in [0.15, 0.2) is 0 Å². The van der Waals surface area contributed by atoms with Crippen LogP contribution in [0.25, 0.3) is 0 Å². The lowest BCUT2D eigenvalue weighted by Gasteiger charge is -2.12. The Morgan fingerprint density at radius 1 is 1.32 bits per heavy atom. The number of ether oxygens (including phenoxy) is 1. The fourth-order valence-electron chi connectivity index (χ4n) is 1.08. The molecule has 4 N–H and O–H groups in total. The Morgan fingerprint density at radius 3 is 2.47 bits per heavy atom. The average Bonchev–Trinajstić information content (AvgIpc) is 2.34. The zero-order chi connectivity index (χ0) is 14.4. The summed E-state index contributed by atoms with van der Waals surface area (Å²) in [6, 6.07) is 0.137. The van der Waals surface area contributed by atoms with Crippen LogP contribution in [0.5, 0.6) is 6.01 Å². The maximum absolute atomic E-state index is 11.5. The molecule has 0 radical (unpaired) electrons. The van der Waals surface area contributed by atoms with E-state index in [1.54, 1.807) is 14.1 Å². The second kappa shape index (κ2) is 6.69. The summed E-state index contributed by atoms with van der Waals surface area (Å²) in [5.41, 5.74) is 2.31. The van der Waals surface area contributed by atoms with E-state index < -0.39 is 0 Å². The molecule has 0 atom stereocenters. The van der Waals surface area contributed by atoms with Crippen molar-refractivity contribution in [2.75, 3.05) is 31.4 Å². The Bertz CT molecular complexity index is 436. The van der Waals surface area contributed by atoms with Gasteiger partial charge in [-0.2, -0.15) is 15.0 Å². The van der Waals surface area contributed by atoms with Crippen molar-refractivity contribution in [2.24, 2.45) is 5.84 Å². The third-order valence-electron chi connectivity index (χ3n) is 1.98. The van der Waals surface area contributed by atoms with Crippen LogP contribution < -0.4 is 21.3 Å². The van der Waals surface area contributed by atoms with Crippen molar-refractivity contribution < 1.29 is 9.53 Å². The number of nitrogens with zero attached hydrogens (tertiary/aromatic N) is 4. The number of carbonyl (C=O) groups excluding carboxylic acids is 1. The number of likely N-dealkylation sites (N-methyl/N-ethyl adjacent to an activating group) is 1. The molecule has 9 heteroatoms. The molecule has 0 aliphatic rings. The standard InChI is InChI=1S/C10H19N7O2/c1-6(2)19-10-14-8(13-9(15-10)16-11)12-5-7(18)17(3)4/h6H,5,11H2,1-4H3,(H2,12,13,14,15,16). The van der Waals surface area contributed by atoms with Crippen molar-refractivity contribution in [3.8, 4) is 6.01 Å². The summed E-state index contributed by atoms with van der Waals surface area (Å²) in [7, 11) is 3.33.